The zero-order valence-electron chi connectivity index (χ0n) is 14.9. The molecule has 4 rings (SSSR count). The van der Waals surface area contributed by atoms with E-state index in [4.69, 9.17) is 5.73 Å². The number of hydrogen-bond acceptors (Lipinski definition) is 3. The van der Waals surface area contributed by atoms with Gasteiger partial charge in [0.2, 0.25) is 0 Å². The molecule has 0 radical (unpaired) electrons. The van der Waals surface area contributed by atoms with Crippen molar-refractivity contribution in [3.05, 3.63) is 78.9 Å². The van der Waals surface area contributed by atoms with Crippen LogP contribution in [0.4, 0.5) is 29.3 Å². The smallest absolute Gasteiger partial charge is 0.397 e. The predicted octanol–water partition coefficient (Wildman–Crippen LogP) is 5.38. The highest BCUT2D eigenvalue weighted by atomic mass is 19.4. The maximum Gasteiger partial charge on any atom is 0.416 e. The highest BCUT2D eigenvalue weighted by Gasteiger charge is 2.30. The lowest BCUT2D eigenvalue weighted by atomic mass is 10.1. The van der Waals surface area contributed by atoms with E-state index >= 15 is 0 Å². The van der Waals surface area contributed by atoms with E-state index in [-0.39, 0.29) is 0 Å². The second-order valence-corrected chi connectivity index (χ2v) is 6.47. The van der Waals surface area contributed by atoms with Crippen molar-refractivity contribution in [2.75, 3.05) is 11.1 Å². The summed E-state index contributed by atoms with van der Waals surface area (Å²) in [6, 6.07) is 11.7. The zero-order chi connectivity index (χ0) is 20.6. The number of nitrogen functional groups attached to an aromatic ring is 1. The maximum atomic E-state index is 12.9. The lowest BCUT2D eigenvalue weighted by molar-refractivity contribution is -0.137. The van der Waals surface area contributed by atoms with E-state index in [2.05, 4.69) is 10.3 Å². The molecule has 3 N–H and O–H groups in total. The second kappa shape index (κ2) is 6.97. The molecule has 2 heterocycles. The molecule has 5 nitrogen and oxygen atoms in total. The molecule has 8 heteroatoms. The van der Waals surface area contributed by atoms with E-state index in [1.165, 1.54) is 23.0 Å². The molecule has 0 aliphatic rings. The molecule has 0 saturated heterocycles. The standard InChI is InChI=1S/C21H15F3N4O/c22-21(23,24)17-3-1-15-11-28(12-16(15)9-17)20(29)27-19-10-14(2-4-18(19)25)13-5-7-26-8-6-13/h1-12H,25H2,(H,27,29). The normalized spacial score (nSPS) is 11.6. The van der Waals surface area contributed by atoms with Crippen molar-refractivity contribution in [2.24, 2.45) is 0 Å². The van der Waals surface area contributed by atoms with E-state index in [0.717, 1.165) is 23.3 Å². The van der Waals surface area contributed by atoms with E-state index in [0.29, 0.717) is 22.1 Å². The summed E-state index contributed by atoms with van der Waals surface area (Å²) in [5.41, 5.74) is 7.72. The van der Waals surface area contributed by atoms with Gasteiger partial charge in [-0.2, -0.15) is 13.2 Å². The fourth-order valence-corrected chi connectivity index (χ4v) is 3.00. The Labute approximate surface area is 163 Å². The topological polar surface area (TPSA) is 72.9 Å². The minimum absolute atomic E-state index is 0.313. The van der Waals surface area contributed by atoms with Gasteiger partial charge >= 0.3 is 12.2 Å². The summed E-state index contributed by atoms with van der Waals surface area (Å²) in [4.78, 5) is 16.6. The molecule has 0 aliphatic heterocycles. The number of nitrogens with zero attached hydrogens (tertiary/aromatic N) is 2. The van der Waals surface area contributed by atoms with E-state index < -0.39 is 17.8 Å². The zero-order valence-corrected chi connectivity index (χ0v) is 14.9. The van der Waals surface area contributed by atoms with Crippen molar-refractivity contribution in [2.45, 2.75) is 6.18 Å². The Kier molecular flexibility index (Phi) is 4.46. The molecule has 0 unspecified atom stereocenters. The van der Waals surface area contributed by atoms with Gasteiger partial charge in [-0.15, -0.1) is 0 Å². The summed E-state index contributed by atoms with van der Waals surface area (Å²) in [5.74, 6) is 0. The fraction of sp³-hybridized carbons (Fsp3) is 0.0476. The van der Waals surface area contributed by atoms with Crippen LogP contribution < -0.4 is 11.1 Å². The fourth-order valence-electron chi connectivity index (χ4n) is 3.00. The van der Waals surface area contributed by atoms with Crippen LogP contribution in [0.2, 0.25) is 0 Å². The Morgan fingerprint density at radius 2 is 1.66 bits per heavy atom. The summed E-state index contributed by atoms with van der Waals surface area (Å²) in [5, 5.41) is 3.54. The summed E-state index contributed by atoms with van der Waals surface area (Å²) in [6.45, 7) is 0. The number of pyridine rings is 1. The number of benzene rings is 2. The number of anilines is 2. The number of nitrogens with two attached hydrogens (primary N) is 1. The van der Waals surface area contributed by atoms with Crippen molar-refractivity contribution in [1.82, 2.24) is 9.55 Å². The number of hydrogen-bond donors (Lipinski definition) is 2. The third kappa shape index (κ3) is 3.77. The number of rotatable bonds is 2. The minimum Gasteiger partial charge on any atom is -0.397 e. The molecular weight excluding hydrogens is 381 g/mol. The molecular formula is C21H15F3N4O. The maximum absolute atomic E-state index is 12.9. The average Bonchev–Trinajstić information content (AvgIpc) is 3.13. The van der Waals surface area contributed by atoms with Crippen LogP contribution >= 0.6 is 0 Å². The van der Waals surface area contributed by atoms with Crippen LogP contribution in [0.3, 0.4) is 0 Å². The van der Waals surface area contributed by atoms with Crippen molar-refractivity contribution >= 4 is 28.2 Å². The highest BCUT2D eigenvalue weighted by Crippen LogP contribution is 2.32. The number of aromatic nitrogens is 2. The Morgan fingerprint density at radius 1 is 0.931 bits per heavy atom. The van der Waals surface area contributed by atoms with Crippen LogP contribution in [0.5, 0.6) is 0 Å². The lowest BCUT2D eigenvalue weighted by Gasteiger charge is -2.11. The Bertz CT molecular complexity index is 1200. The van der Waals surface area contributed by atoms with Crippen LogP contribution in [0.25, 0.3) is 21.9 Å². The van der Waals surface area contributed by atoms with Gasteiger partial charge in [0.15, 0.2) is 0 Å². The molecule has 0 bridgehead atoms. The largest absolute Gasteiger partial charge is 0.416 e. The molecule has 0 atom stereocenters. The number of alkyl halides is 3. The first-order chi connectivity index (χ1) is 13.8. The number of carbonyl (C=O) groups excluding carboxylic acids is 1. The van der Waals surface area contributed by atoms with Crippen LogP contribution in [0.1, 0.15) is 5.56 Å². The van der Waals surface area contributed by atoms with Gasteiger partial charge in [-0.25, -0.2) is 4.79 Å². The third-order valence-corrected chi connectivity index (χ3v) is 4.51. The first-order valence-corrected chi connectivity index (χ1v) is 8.61. The lowest BCUT2D eigenvalue weighted by Crippen LogP contribution is -2.18. The van der Waals surface area contributed by atoms with E-state index in [9.17, 15) is 18.0 Å². The van der Waals surface area contributed by atoms with Crippen molar-refractivity contribution < 1.29 is 18.0 Å². The number of nitrogens with one attached hydrogen (secondary N) is 1. The van der Waals surface area contributed by atoms with Crippen LogP contribution in [-0.4, -0.2) is 15.6 Å². The van der Waals surface area contributed by atoms with E-state index in [1.54, 1.807) is 24.5 Å². The molecule has 29 heavy (non-hydrogen) atoms. The molecule has 146 valence electrons. The van der Waals surface area contributed by atoms with Crippen LogP contribution in [0, 0.1) is 0 Å². The van der Waals surface area contributed by atoms with Gasteiger partial charge in [-0.05, 0) is 52.9 Å². The monoisotopic (exact) mass is 396 g/mol. The Morgan fingerprint density at radius 3 is 2.38 bits per heavy atom. The average molecular weight is 396 g/mol. The first-order valence-electron chi connectivity index (χ1n) is 8.61. The van der Waals surface area contributed by atoms with Crippen molar-refractivity contribution in [1.29, 1.82) is 0 Å². The molecule has 2 aromatic carbocycles. The quantitative estimate of drug-likeness (QED) is 0.447. The van der Waals surface area contributed by atoms with Gasteiger partial charge in [0.05, 0.1) is 16.9 Å². The first kappa shape index (κ1) is 18.5. The van der Waals surface area contributed by atoms with Gasteiger partial charge < -0.3 is 11.1 Å². The Balaban J connectivity index is 1.62. The number of amides is 1. The van der Waals surface area contributed by atoms with Gasteiger partial charge in [0.25, 0.3) is 0 Å². The summed E-state index contributed by atoms with van der Waals surface area (Å²) in [7, 11) is 0. The minimum atomic E-state index is -4.44. The third-order valence-electron chi connectivity index (χ3n) is 4.51. The van der Waals surface area contributed by atoms with Crippen molar-refractivity contribution in [3.8, 4) is 11.1 Å². The van der Waals surface area contributed by atoms with Gasteiger partial charge in [-0.3, -0.25) is 9.55 Å². The molecule has 2 aromatic heterocycles. The van der Waals surface area contributed by atoms with E-state index in [1.807, 2.05) is 18.2 Å². The molecule has 4 aromatic rings. The summed E-state index contributed by atoms with van der Waals surface area (Å²) < 4.78 is 39.9. The van der Waals surface area contributed by atoms with Gasteiger partial charge in [0.1, 0.15) is 0 Å². The Hall–Kier alpha value is -3.81. The highest BCUT2D eigenvalue weighted by molar-refractivity contribution is 5.98. The van der Waals surface area contributed by atoms with Gasteiger partial charge in [-0.1, -0.05) is 12.1 Å². The molecule has 1 amide bonds. The van der Waals surface area contributed by atoms with Crippen molar-refractivity contribution in [3.63, 3.8) is 0 Å². The van der Waals surface area contributed by atoms with Crippen LogP contribution in [0.15, 0.2) is 73.3 Å². The summed E-state index contributed by atoms with van der Waals surface area (Å²) >= 11 is 0. The predicted molar refractivity (Wildman–Crippen MR) is 105 cm³/mol. The number of halogens is 3. The van der Waals surface area contributed by atoms with Crippen LogP contribution in [-0.2, 0) is 6.18 Å². The molecule has 0 spiro atoms. The second-order valence-electron chi connectivity index (χ2n) is 6.47. The number of carbonyl (C=O) groups is 1. The molecule has 0 fully saturated rings. The SMILES string of the molecule is Nc1ccc(-c2ccncc2)cc1NC(=O)n1cc2ccc(C(F)(F)F)cc2c1. The summed E-state index contributed by atoms with van der Waals surface area (Å²) in [6.07, 6.45) is 1.69. The number of fused-ring (bicyclic) bond motifs is 1. The van der Waals surface area contributed by atoms with Gasteiger partial charge in [0, 0.05) is 30.2 Å². The molecule has 0 saturated carbocycles. The molecule has 0 aliphatic carbocycles.